The molecule has 0 aromatic heterocycles. The lowest BCUT2D eigenvalue weighted by Crippen LogP contribution is -2.53. The standard InChI is InChI=1S/C16H25N/c1-15(2)11-17-12-16(3,4)14(15)10-13-8-6-5-7-9-13/h5-9,14,17H,10-12H2,1-4H3. The van der Waals surface area contributed by atoms with Crippen molar-refractivity contribution in [1.29, 1.82) is 0 Å². The summed E-state index contributed by atoms with van der Waals surface area (Å²) in [6.07, 6.45) is 1.20. The summed E-state index contributed by atoms with van der Waals surface area (Å²) < 4.78 is 0. The van der Waals surface area contributed by atoms with Gasteiger partial charge in [-0.15, -0.1) is 0 Å². The fourth-order valence-electron chi connectivity index (χ4n) is 3.41. The molecule has 1 nitrogen and oxygen atoms in total. The van der Waals surface area contributed by atoms with Crippen LogP contribution in [0.15, 0.2) is 30.3 Å². The zero-order chi connectivity index (χ0) is 12.5. The first-order valence-corrected chi connectivity index (χ1v) is 6.66. The highest BCUT2D eigenvalue weighted by atomic mass is 14.9. The zero-order valence-corrected chi connectivity index (χ0v) is 11.6. The van der Waals surface area contributed by atoms with E-state index < -0.39 is 0 Å². The molecule has 0 atom stereocenters. The summed E-state index contributed by atoms with van der Waals surface area (Å²) >= 11 is 0. The van der Waals surface area contributed by atoms with E-state index in [1.54, 1.807) is 0 Å². The molecule has 1 saturated heterocycles. The zero-order valence-electron chi connectivity index (χ0n) is 11.6. The third kappa shape index (κ3) is 2.71. The van der Waals surface area contributed by atoms with E-state index in [4.69, 9.17) is 0 Å². The van der Waals surface area contributed by atoms with E-state index in [1.165, 1.54) is 12.0 Å². The highest BCUT2D eigenvalue weighted by Gasteiger charge is 2.43. The normalized spacial score (nSPS) is 23.5. The van der Waals surface area contributed by atoms with Gasteiger partial charge in [0.25, 0.3) is 0 Å². The molecule has 0 unspecified atom stereocenters. The van der Waals surface area contributed by atoms with E-state index in [-0.39, 0.29) is 0 Å². The molecule has 17 heavy (non-hydrogen) atoms. The second kappa shape index (κ2) is 4.45. The molecule has 0 radical (unpaired) electrons. The Hall–Kier alpha value is -0.820. The van der Waals surface area contributed by atoms with Crippen LogP contribution in [0.1, 0.15) is 33.3 Å². The fourth-order valence-corrected chi connectivity index (χ4v) is 3.41. The van der Waals surface area contributed by atoms with Crippen molar-refractivity contribution in [2.24, 2.45) is 16.7 Å². The van der Waals surface area contributed by atoms with Crippen LogP contribution in [-0.2, 0) is 6.42 Å². The van der Waals surface area contributed by atoms with Gasteiger partial charge in [0.05, 0.1) is 0 Å². The summed E-state index contributed by atoms with van der Waals surface area (Å²) in [5.74, 6) is 0.735. The van der Waals surface area contributed by atoms with Crippen LogP contribution >= 0.6 is 0 Å². The molecule has 1 aliphatic heterocycles. The molecule has 0 aliphatic carbocycles. The molecule has 94 valence electrons. The first kappa shape index (κ1) is 12.6. The highest BCUT2D eigenvalue weighted by Crippen LogP contribution is 2.44. The fraction of sp³-hybridized carbons (Fsp3) is 0.625. The lowest BCUT2D eigenvalue weighted by Gasteiger charge is -2.50. The average Bonchev–Trinajstić information content (AvgIpc) is 2.25. The predicted octanol–water partition coefficient (Wildman–Crippen LogP) is 3.50. The number of benzene rings is 1. The van der Waals surface area contributed by atoms with Crippen molar-refractivity contribution in [3.8, 4) is 0 Å². The van der Waals surface area contributed by atoms with Crippen LogP contribution in [0, 0.1) is 16.7 Å². The molecule has 1 aromatic carbocycles. The Morgan fingerprint density at radius 3 is 2.06 bits per heavy atom. The molecule has 2 rings (SSSR count). The van der Waals surface area contributed by atoms with Crippen molar-refractivity contribution in [2.75, 3.05) is 13.1 Å². The Morgan fingerprint density at radius 2 is 1.53 bits per heavy atom. The van der Waals surface area contributed by atoms with E-state index in [1.807, 2.05) is 0 Å². The van der Waals surface area contributed by atoms with Gasteiger partial charge in [0.15, 0.2) is 0 Å². The molecule has 1 heterocycles. The van der Waals surface area contributed by atoms with Gasteiger partial charge in [0.2, 0.25) is 0 Å². The van der Waals surface area contributed by atoms with E-state index in [0.29, 0.717) is 10.8 Å². The molecule has 0 spiro atoms. The smallest absolute Gasteiger partial charge is 0.000573 e. The van der Waals surface area contributed by atoms with Gasteiger partial charge < -0.3 is 5.32 Å². The van der Waals surface area contributed by atoms with E-state index >= 15 is 0 Å². The Bertz CT molecular complexity index is 348. The summed E-state index contributed by atoms with van der Waals surface area (Å²) in [6, 6.07) is 10.9. The second-order valence-electron chi connectivity index (χ2n) is 6.82. The minimum atomic E-state index is 0.373. The van der Waals surface area contributed by atoms with Crippen LogP contribution in [0.2, 0.25) is 0 Å². The molecule has 1 fully saturated rings. The Balaban J connectivity index is 2.21. The first-order valence-electron chi connectivity index (χ1n) is 6.66. The monoisotopic (exact) mass is 231 g/mol. The van der Waals surface area contributed by atoms with Crippen molar-refractivity contribution >= 4 is 0 Å². The molecular formula is C16H25N. The molecule has 1 N–H and O–H groups in total. The highest BCUT2D eigenvalue weighted by molar-refractivity contribution is 5.17. The van der Waals surface area contributed by atoms with Gasteiger partial charge >= 0.3 is 0 Å². The van der Waals surface area contributed by atoms with Crippen LogP contribution < -0.4 is 5.32 Å². The quantitative estimate of drug-likeness (QED) is 0.821. The number of hydrogen-bond acceptors (Lipinski definition) is 1. The maximum atomic E-state index is 3.58. The van der Waals surface area contributed by atoms with Crippen LogP contribution in [0.25, 0.3) is 0 Å². The van der Waals surface area contributed by atoms with Gasteiger partial charge in [-0.25, -0.2) is 0 Å². The van der Waals surface area contributed by atoms with E-state index in [9.17, 15) is 0 Å². The molecular weight excluding hydrogens is 206 g/mol. The summed E-state index contributed by atoms with van der Waals surface area (Å²) in [7, 11) is 0. The van der Waals surface area contributed by atoms with Crippen LogP contribution in [0.4, 0.5) is 0 Å². The maximum Gasteiger partial charge on any atom is 0.000573 e. The van der Waals surface area contributed by atoms with Gasteiger partial charge in [-0.3, -0.25) is 0 Å². The first-order chi connectivity index (χ1) is 7.92. The summed E-state index contributed by atoms with van der Waals surface area (Å²) in [4.78, 5) is 0. The third-order valence-electron chi connectivity index (χ3n) is 4.33. The molecule has 1 aliphatic rings. The Kier molecular flexibility index (Phi) is 3.31. The molecule has 0 amide bonds. The SMILES string of the molecule is CC1(C)CNCC(C)(C)C1Cc1ccccc1. The second-order valence-corrected chi connectivity index (χ2v) is 6.82. The van der Waals surface area contributed by atoms with Crippen molar-refractivity contribution in [3.63, 3.8) is 0 Å². The van der Waals surface area contributed by atoms with Gasteiger partial charge in [-0.1, -0.05) is 58.0 Å². The van der Waals surface area contributed by atoms with Gasteiger partial charge in [0, 0.05) is 13.1 Å². The molecule has 0 saturated carbocycles. The van der Waals surface area contributed by atoms with Crippen molar-refractivity contribution in [2.45, 2.75) is 34.1 Å². The summed E-state index contributed by atoms with van der Waals surface area (Å²) in [5, 5.41) is 3.58. The molecule has 1 heteroatoms. The Labute approximate surface area is 106 Å². The largest absolute Gasteiger partial charge is 0.316 e. The third-order valence-corrected chi connectivity index (χ3v) is 4.33. The van der Waals surface area contributed by atoms with E-state index in [0.717, 1.165) is 19.0 Å². The van der Waals surface area contributed by atoms with Gasteiger partial charge in [-0.2, -0.15) is 0 Å². The summed E-state index contributed by atoms with van der Waals surface area (Å²) in [6.45, 7) is 11.9. The lowest BCUT2D eigenvalue weighted by molar-refractivity contribution is 0.0321. The van der Waals surface area contributed by atoms with Crippen LogP contribution in [0.3, 0.4) is 0 Å². The minimum absolute atomic E-state index is 0.373. The topological polar surface area (TPSA) is 12.0 Å². The van der Waals surface area contributed by atoms with Gasteiger partial charge in [0.1, 0.15) is 0 Å². The Morgan fingerprint density at radius 1 is 1.00 bits per heavy atom. The van der Waals surface area contributed by atoms with E-state index in [2.05, 4.69) is 63.3 Å². The van der Waals surface area contributed by atoms with Crippen LogP contribution in [-0.4, -0.2) is 13.1 Å². The number of hydrogen-bond donors (Lipinski definition) is 1. The number of nitrogens with one attached hydrogen (secondary N) is 1. The average molecular weight is 231 g/mol. The van der Waals surface area contributed by atoms with Crippen LogP contribution in [0.5, 0.6) is 0 Å². The number of piperidine rings is 1. The van der Waals surface area contributed by atoms with Crippen molar-refractivity contribution < 1.29 is 0 Å². The van der Waals surface area contributed by atoms with Crippen molar-refractivity contribution in [3.05, 3.63) is 35.9 Å². The molecule has 1 aromatic rings. The predicted molar refractivity (Wildman–Crippen MR) is 74.1 cm³/mol. The summed E-state index contributed by atoms with van der Waals surface area (Å²) in [5.41, 5.74) is 2.22. The van der Waals surface area contributed by atoms with Crippen molar-refractivity contribution in [1.82, 2.24) is 5.32 Å². The maximum absolute atomic E-state index is 3.58. The lowest BCUT2D eigenvalue weighted by atomic mass is 9.60. The number of rotatable bonds is 2. The van der Waals surface area contributed by atoms with Gasteiger partial charge in [-0.05, 0) is 28.7 Å². The minimum Gasteiger partial charge on any atom is -0.316 e. The molecule has 0 bridgehead atoms.